The second-order valence-electron chi connectivity index (χ2n) is 9.04. The predicted octanol–water partition coefficient (Wildman–Crippen LogP) is 5.37. The number of fused-ring (bicyclic) bond motifs is 1. The zero-order valence-corrected chi connectivity index (χ0v) is 20.3. The van der Waals surface area contributed by atoms with Gasteiger partial charge in [0.05, 0.1) is 29.3 Å². The van der Waals surface area contributed by atoms with Crippen LogP contribution in [-0.2, 0) is 6.54 Å². The van der Waals surface area contributed by atoms with Crippen LogP contribution in [0.1, 0.15) is 43.6 Å². The van der Waals surface area contributed by atoms with E-state index in [4.69, 9.17) is 20.8 Å². The van der Waals surface area contributed by atoms with Gasteiger partial charge >= 0.3 is 0 Å². The van der Waals surface area contributed by atoms with Crippen molar-refractivity contribution in [3.63, 3.8) is 0 Å². The Morgan fingerprint density at radius 2 is 2.03 bits per heavy atom. The van der Waals surface area contributed by atoms with Crippen LogP contribution in [0.4, 0.5) is 4.39 Å². The normalized spacial score (nSPS) is 12.8. The summed E-state index contributed by atoms with van der Waals surface area (Å²) in [6.45, 7) is 8.95. The molecule has 0 aliphatic rings. The van der Waals surface area contributed by atoms with Crippen LogP contribution in [0, 0.1) is 19.8 Å². The maximum atomic E-state index is 14.2. The third-order valence-corrected chi connectivity index (χ3v) is 5.57. The highest BCUT2D eigenvalue weighted by atomic mass is 35.5. The SMILES string of the molecule is Cc1cc([C@@H](C)Oc2ccc(Cl)nc2F)c2oc(-c3cnn(CC(C)(C)O)c3)c(C)c(=O)c2c1. The van der Waals surface area contributed by atoms with Crippen LogP contribution in [0.25, 0.3) is 22.3 Å². The Morgan fingerprint density at radius 3 is 2.71 bits per heavy atom. The van der Waals surface area contributed by atoms with E-state index < -0.39 is 17.7 Å². The Hall–Kier alpha value is -3.23. The number of hydrogen-bond donors (Lipinski definition) is 1. The van der Waals surface area contributed by atoms with Crippen molar-refractivity contribution in [2.24, 2.45) is 0 Å². The molecule has 34 heavy (non-hydrogen) atoms. The summed E-state index contributed by atoms with van der Waals surface area (Å²) in [4.78, 5) is 16.9. The second-order valence-corrected chi connectivity index (χ2v) is 9.43. The summed E-state index contributed by atoms with van der Waals surface area (Å²) in [5, 5.41) is 14.8. The van der Waals surface area contributed by atoms with E-state index in [0.717, 1.165) is 5.56 Å². The van der Waals surface area contributed by atoms with E-state index in [1.54, 1.807) is 50.8 Å². The highest BCUT2D eigenvalue weighted by molar-refractivity contribution is 6.29. The van der Waals surface area contributed by atoms with Gasteiger partial charge in [-0.3, -0.25) is 9.48 Å². The number of ether oxygens (including phenoxy) is 1. The van der Waals surface area contributed by atoms with Crippen molar-refractivity contribution < 1.29 is 18.7 Å². The van der Waals surface area contributed by atoms with Crippen LogP contribution < -0.4 is 10.2 Å². The van der Waals surface area contributed by atoms with E-state index >= 15 is 0 Å². The number of aryl methyl sites for hydroxylation is 1. The molecule has 0 fully saturated rings. The van der Waals surface area contributed by atoms with E-state index in [1.807, 2.05) is 13.0 Å². The van der Waals surface area contributed by atoms with Gasteiger partial charge in [-0.1, -0.05) is 11.6 Å². The molecule has 3 aromatic heterocycles. The molecule has 1 aromatic carbocycles. The van der Waals surface area contributed by atoms with Crippen LogP contribution in [0.15, 0.2) is 45.9 Å². The summed E-state index contributed by atoms with van der Waals surface area (Å²) in [6.07, 6.45) is 2.65. The Bertz CT molecular complexity index is 1440. The van der Waals surface area contributed by atoms with Crippen LogP contribution in [0.3, 0.4) is 0 Å². The van der Waals surface area contributed by atoms with Gasteiger partial charge in [-0.2, -0.15) is 9.49 Å². The largest absolute Gasteiger partial charge is 0.481 e. The average molecular weight is 486 g/mol. The lowest BCUT2D eigenvalue weighted by atomic mass is 10.0. The predicted molar refractivity (Wildman–Crippen MR) is 128 cm³/mol. The molecule has 0 saturated heterocycles. The number of nitrogens with zero attached hydrogens (tertiary/aromatic N) is 3. The monoisotopic (exact) mass is 485 g/mol. The Balaban J connectivity index is 1.82. The fraction of sp³-hybridized carbons (Fsp3) is 0.320. The van der Waals surface area contributed by atoms with Gasteiger partial charge < -0.3 is 14.3 Å². The van der Waals surface area contributed by atoms with Gasteiger partial charge in [0.1, 0.15) is 22.6 Å². The smallest absolute Gasteiger partial charge is 0.256 e. The van der Waals surface area contributed by atoms with Crippen molar-refractivity contribution in [2.75, 3.05) is 0 Å². The van der Waals surface area contributed by atoms with Gasteiger partial charge in [0.25, 0.3) is 5.95 Å². The summed E-state index contributed by atoms with van der Waals surface area (Å²) < 4.78 is 27.9. The van der Waals surface area contributed by atoms with Crippen molar-refractivity contribution in [3.05, 3.63) is 74.7 Å². The van der Waals surface area contributed by atoms with Crippen LogP contribution in [0.5, 0.6) is 5.75 Å². The molecular formula is C25H25ClFN3O4. The van der Waals surface area contributed by atoms with Crippen molar-refractivity contribution in [1.29, 1.82) is 0 Å². The minimum atomic E-state index is -0.953. The summed E-state index contributed by atoms with van der Waals surface area (Å²) >= 11 is 5.74. The number of aromatic nitrogens is 3. The summed E-state index contributed by atoms with van der Waals surface area (Å²) in [7, 11) is 0. The number of aliphatic hydroxyl groups is 1. The molecule has 0 radical (unpaired) electrons. The standard InChI is InChI=1S/C25H25ClFN3O4/c1-13-8-17(15(3)33-19-6-7-20(26)29-24(19)27)23-18(9-13)21(31)14(2)22(34-23)16-10-28-30(11-16)12-25(4,5)32/h6-11,15,32H,12H2,1-5H3/t15-/m1/s1. The van der Waals surface area contributed by atoms with Crippen molar-refractivity contribution in [2.45, 2.75) is 52.9 Å². The fourth-order valence-corrected chi connectivity index (χ4v) is 3.99. The third kappa shape index (κ3) is 4.83. The third-order valence-electron chi connectivity index (χ3n) is 5.36. The van der Waals surface area contributed by atoms with Gasteiger partial charge in [0.2, 0.25) is 0 Å². The average Bonchev–Trinajstić information content (AvgIpc) is 3.18. The fourth-order valence-electron chi connectivity index (χ4n) is 3.85. The minimum Gasteiger partial charge on any atom is -0.481 e. The topological polar surface area (TPSA) is 90.4 Å². The molecule has 0 spiro atoms. The van der Waals surface area contributed by atoms with E-state index in [9.17, 15) is 14.3 Å². The van der Waals surface area contributed by atoms with Crippen LogP contribution in [0.2, 0.25) is 5.15 Å². The molecule has 7 nitrogen and oxygen atoms in total. The molecule has 4 rings (SSSR count). The first-order chi connectivity index (χ1) is 15.9. The first-order valence-corrected chi connectivity index (χ1v) is 11.1. The molecule has 4 aromatic rings. The van der Waals surface area contributed by atoms with Gasteiger partial charge in [0, 0.05) is 17.3 Å². The molecule has 0 unspecified atom stereocenters. The zero-order chi connectivity index (χ0) is 24.8. The van der Waals surface area contributed by atoms with Crippen molar-refractivity contribution in [3.8, 4) is 17.1 Å². The molecule has 9 heteroatoms. The molecule has 178 valence electrons. The van der Waals surface area contributed by atoms with E-state index in [-0.39, 0.29) is 22.9 Å². The van der Waals surface area contributed by atoms with Gasteiger partial charge in [0.15, 0.2) is 11.2 Å². The molecular weight excluding hydrogens is 461 g/mol. The summed E-state index contributed by atoms with van der Waals surface area (Å²) in [6, 6.07) is 6.44. The first-order valence-electron chi connectivity index (χ1n) is 10.7. The molecule has 0 bridgehead atoms. The number of halogens is 2. The van der Waals surface area contributed by atoms with Gasteiger partial charge in [-0.15, -0.1) is 0 Å². The quantitative estimate of drug-likeness (QED) is 0.369. The minimum absolute atomic E-state index is 0.0229. The molecule has 3 heterocycles. The van der Waals surface area contributed by atoms with E-state index in [1.165, 1.54) is 12.1 Å². The van der Waals surface area contributed by atoms with E-state index in [2.05, 4.69) is 10.1 Å². The summed E-state index contributed by atoms with van der Waals surface area (Å²) in [5.41, 5.74) is 1.69. The zero-order valence-electron chi connectivity index (χ0n) is 19.5. The molecule has 0 amide bonds. The van der Waals surface area contributed by atoms with Gasteiger partial charge in [-0.25, -0.2) is 4.98 Å². The Labute approximate surface area is 200 Å². The van der Waals surface area contributed by atoms with Crippen LogP contribution in [-0.4, -0.2) is 25.5 Å². The first kappa shape index (κ1) is 23.9. The number of hydrogen-bond acceptors (Lipinski definition) is 6. The van der Waals surface area contributed by atoms with E-state index in [0.29, 0.717) is 33.4 Å². The Morgan fingerprint density at radius 1 is 1.29 bits per heavy atom. The Kier molecular flexibility index (Phi) is 6.22. The van der Waals surface area contributed by atoms with Crippen molar-refractivity contribution >= 4 is 22.6 Å². The lowest BCUT2D eigenvalue weighted by Crippen LogP contribution is -2.26. The van der Waals surface area contributed by atoms with Crippen molar-refractivity contribution in [1.82, 2.24) is 14.8 Å². The molecule has 0 aliphatic carbocycles. The van der Waals surface area contributed by atoms with Gasteiger partial charge in [-0.05, 0) is 64.4 Å². The lowest BCUT2D eigenvalue weighted by molar-refractivity contribution is 0.0577. The highest BCUT2D eigenvalue weighted by Crippen LogP contribution is 2.33. The van der Waals surface area contributed by atoms with Crippen LogP contribution >= 0.6 is 11.6 Å². The number of pyridine rings is 1. The number of benzene rings is 1. The number of rotatable bonds is 6. The lowest BCUT2D eigenvalue weighted by Gasteiger charge is -2.18. The maximum Gasteiger partial charge on any atom is 0.256 e. The summed E-state index contributed by atoms with van der Waals surface area (Å²) in [5.74, 6) is -0.515. The highest BCUT2D eigenvalue weighted by Gasteiger charge is 2.22. The molecule has 1 N–H and O–H groups in total. The maximum absolute atomic E-state index is 14.2. The second kappa shape index (κ2) is 8.85. The molecule has 1 atom stereocenters. The molecule has 0 saturated carbocycles. The molecule has 0 aliphatic heterocycles.